The molecular weight excluding hydrogens is 229 g/mol. The summed E-state index contributed by atoms with van der Waals surface area (Å²) in [5.74, 6) is 0. The van der Waals surface area contributed by atoms with Crippen LogP contribution in [0.1, 0.15) is 0 Å². The summed E-state index contributed by atoms with van der Waals surface area (Å²) in [6, 6.07) is 7.29. The molecule has 1 unspecified atom stereocenters. The minimum atomic E-state index is -4.77. The van der Waals surface area contributed by atoms with E-state index in [0.29, 0.717) is 0 Å². The van der Waals surface area contributed by atoms with Gasteiger partial charge in [0, 0.05) is 0 Å². The van der Waals surface area contributed by atoms with Crippen LogP contribution in [0.25, 0.3) is 0 Å². The topological polar surface area (TPSA) is 98.1 Å². The van der Waals surface area contributed by atoms with Gasteiger partial charge in [0.2, 0.25) is 0 Å². The second kappa shape index (κ2) is 4.20. The molecule has 3 N–H and O–H groups in total. The largest absolute Gasteiger partial charge is 0.443 e. The number of hydrogen-bond donors (Lipinski definition) is 3. The number of nitrogens with zero attached hydrogens (tertiary/aromatic N) is 1. The lowest BCUT2D eigenvalue weighted by Gasteiger charge is -2.19. The highest BCUT2D eigenvalue weighted by atomic mass is 32.2. The van der Waals surface area contributed by atoms with Crippen LogP contribution in [0.3, 0.4) is 0 Å². The molecule has 0 aromatic heterocycles. The highest BCUT2D eigenvalue weighted by molar-refractivity contribution is 7.89. The van der Waals surface area contributed by atoms with Crippen LogP contribution in [0.15, 0.2) is 30.3 Å². The lowest BCUT2D eigenvalue weighted by Crippen LogP contribution is -2.21. The quantitative estimate of drug-likeness (QED) is 0.531. The first-order valence-electron chi connectivity index (χ1n) is 3.45. The summed E-state index contributed by atoms with van der Waals surface area (Å²) in [4.78, 5) is 17.6. The zero-order chi connectivity index (χ0) is 10.8. The van der Waals surface area contributed by atoms with E-state index in [4.69, 9.17) is 14.3 Å². The maximum Gasteiger partial charge on any atom is 0.443 e. The highest BCUT2D eigenvalue weighted by Crippen LogP contribution is 2.44. The first-order chi connectivity index (χ1) is 6.43. The number of benzene rings is 1. The molecule has 1 aromatic rings. The summed E-state index contributed by atoms with van der Waals surface area (Å²) in [6.07, 6.45) is 0. The Labute approximate surface area is 82.8 Å². The van der Waals surface area contributed by atoms with E-state index < -0.39 is 19.0 Å². The van der Waals surface area contributed by atoms with Gasteiger partial charge in [0.05, 0.1) is 5.69 Å². The van der Waals surface area contributed by atoms with Crippen molar-refractivity contribution in [3.05, 3.63) is 30.3 Å². The molecule has 1 aromatic carbocycles. The number of anilines is 1. The Kier molecular flexibility index (Phi) is 3.41. The van der Waals surface area contributed by atoms with Crippen molar-refractivity contribution in [3.63, 3.8) is 0 Å². The predicted octanol–water partition coefficient (Wildman–Crippen LogP) is 0.722. The molecule has 0 fully saturated rings. The number of rotatable bonds is 3. The summed E-state index contributed by atoms with van der Waals surface area (Å²) in [5.41, 5.74) is -0.0123. The van der Waals surface area contributed by atoms with Gasteiger partial charge in [-0.25, -0.2) is 8.77 Å². The van der Waals surface area contributed by atoms with Crippen molar-refractivity contribution < 1.29 is 23.1 Å². The molecule has 14 heavy (non-hydrogen) atoms. The Hall–Kier alpha value is -0.720. The summed E-state index contributed by atoms with van der Waals surface area (Å²) < 4.78 is 30.4. The Bertz CT molecular complexity index is 377. The van der Waals surface area contributed by atoms with Crippen molar-refractivity contribution in [2.45, 2.75) is 0 Å². The van der Waals surface area contributed by atoms with Gasteiger partial charge in [-0.05, 0) is 12.1 Å². The fourth-order valence-corrected chi connectivity index (χ4v) is 2.35. The van der Waals surface area contributed by atoms with E-state index in [9.17, 15) is 8.77 Å². The SMILES string of the molecule is O=S(O)N(c1ccccc1)P(=O)(O)O. The zero-order valence-corrected chi connectivity index (χ0v) is 8.56. The van der Waals surface area contributed by atoms with E-state index in [0.717, 1.165) is 0 Å². The lowest BCUT2D eigenvalue weighted by molar-refractivity contribution is 0.374. The average Bonchev–Trinajstić information content (AvgIpc) is 2.02. The van der Waals surface area contributed by atoms with Crippen LogP contribution in [-0.4, -0.2) is 18.5 Å². The molecule has 0 amide bonds. The van der Waals surface area contributed by atoms with Crippen LogP contribution in [0.4, 0.5) is 5.69 Å². The molecular formula is C6H8NO5PS. The Morgan fingerprint density at radius 1 is 1.21 bits per heavy atom. The van der Waals surface area contributed by atoms with Crippen molar-refractivity contribution in [3.8, 4) is 0 Å². The first kappa shape index (κ1) is 11.4. The van der Waals surface area contributed by atoms with Crippen LogP contribution in [0, 0.1) is 0 Å². The summed E-state index contributed by atoms with van der Waals surface area (Å²) >= 11 is -2.75. The van der Waals surface area contributed by atoms with E-state index in [1.807, 2.05) is 0 Å². The van der Waals surface area contributed by atoms with Gasteiger partial charge in [-0.1, -0.05) is 18.2 Å². The zero-order valence-electron chi connectivity index (χ0n) is 6.85. The molecule has 0 heterocycles. The molecule has 0 aliphatic heterocycles. The molecule has 0 radical (unpaired) electrons. The third-order valence-corrected chi connectivity index (χ3v) is 3.63. The van der Waals surface area contributed by atoms with E-state index in [-0.39, 0.29) is 9.76 Å². The van der Waals surface area contributed by atoms with Gasteiger partial charge in [-0.3, -0.25) is 4.55 Å². The first-order valence-corrected chi connectivity index (χ1v) is 6.08. The standard InChI is InChI=1S/C6H8NO5PS/c8-13(9,10)7(14(11)12)6-4-2-1-3-5-6/h1-5H,(H,11,12)(H2,8,9,10). The van der Waals surface area contributed by atoms with Crippen LogP contribution in [0.2, 0.25) is 0 Å². The highest BCUT2D eigenvalue weighted by Gasteiger charge is 2.30. The van der Waals surface area contributed by atoms with E-state index in [2.05, 4.69) is 0 Å². The van der Waals surface area contributed by atoms with Crippen LogP contribution in [0.5, 0.6) is 0 Å². The molecule has 78 valence electrons. The maximum atomic E-state index is 10.8. The van der Waals surface area contributed by atoms with Crippen molar-refractivity contribution in [1.82, 2.24) is 0 Å². The Morgan fingerprint density at radius 2 is 1.71 bits per heavy atom. The molecule has 8 heteroatoms. The molecule has 6 nitrogen and oxygen atoms in total. The van der Waals surface area contributed by atoms with Gasteiger partial charge in [0.25, 0.3) is 11.3 Å². The van der Waals surface area contributed by atoms with Crippen LogP contribution in [-0.2, 0) is 15.8 Å². The normalized spacial score (nSPS) is 13.6. The van der Waals surface area contributed by atoms with Gasteiger partial charge < -0.3 is 9.79 Å². The van der Waals surface area contributed by atoms with Crippen molar-refractivity contribution >= 4 is 24.7 Å². The molecule has 1 rings (SSSR count). The Balaban J connectivity index is 3.15. The maximum absolute atomic E-state index is 10.8. The van der Waals surface area contributed by atoms with Gasteiger partial charge in [0.1, 0.15) is 0 Å². The minimum absolute atomic E-state index is 0.0123. The van der Waals surface area contributed by atoms with Gasteiger partial charge in [0.15, 0.2) is 0 Å². The van der Waals surface area contributed by atoms with Crippen molar-refractivity contribution in [2.24, 2.45) is 0 Å². The predicted molar refractivity (Wildman–Crippen MR) is 51.7 cm³/mol. The van der Waals surface area contributed by atoms with Crippen molar-refractivity contribution in [1.29, 1.82) is 0 Å². The monoisotopic (exact) mass is 237 g/mol. The second-order valence-corrected chi connectivity index (χ2v) is 4.88. The van der Waals surface area contributed by atoms with Gasteiger partial charge >= 0.3 is 7.75 Å². The number of hydrogen-bond acceptors (Lipinski definition) is 2. The molecule has 0 saturated carbocycles. The average molecular weight is 237 g/mol. The van der Waals surface area contributed by atoms with E-state index in [1.54, 1.807) is 6.07 Å². The minimum Gasteiger partial charge on any atom is -0.307 e. The number of para-hydroxylation sites is 1. The van der Waals surface area contributed by atoms with Crippen LogP contribution >= 0.6 is 7.75 Å². The molecule has 0 saturated heterocycles. The third kappa shape index (κ3) is 2.63. The summed E-state index contributed by atoms with van der Waals surface area (Å²) in [7, 11) is -4.77. The molecule has 0 aliphatic carbocycles. The van der Waals surface area contributed by atoms with E-state index >= 15 is 0 Å². The smallest absolute Gasteiger partial charge is 0.307 e. The third-order valence-electron chi connectivity index (χ3n) is 1.36. The lowest BCUT2D eigenvalue weighted by atomic mass is 10.3. The van der Waals surface area contributed by atoms with Crippen molar-refractivity contribution in [2.75, 3.05) is 4.08 Å². The second-order valence-electron chi connectivity index (χ2n) is 2.35. The summed E-state index contributed by atoms with van der Waals surface area (Å²) in [5, 5.41) is 0. The molecule has 1 atom stereocenters. The molecule has 0 aliphatic rings. The molecule has 0 bridgehead atoms. The fraction of sp³-hybridized carbons (Fsp3) is 0. The van der Waals surface area contributed by atoms with E-state index in [1.165, 1.54) is 24.3 Å². The van der Waals surface area contributed by atoms with Gasteiger partial charge in [-0.15, -0.1) is 0 Å². The van der Waals surface area contributed by atoms with Gasteiger partial charge in [-0.2, -0.15) is 4.08 Å². The van der Waals surface area contributed by atoms with Crippen LogP contribution < -0.4 is 4.08 Å². The fourth-order valence-electron chi connectivity index (χ4n) is 0.887. The molecule has 0 spiro atoms. The Morgan fingerprint density at radius 3 is 2.07 bits per heavy atom. The summed E-state index contributed by atoms with van der Waals surface area (Å²) in [6.45, 7) is 0.